The SMILES string of the molecule is CCOC(=O)c1[nH]c(C)c(C(=O)NCCn2c(C(F)(F)F)nc3ccccc32)c1C. The lowest BCUT2D eigenvalue weighted by molar-refractivity contribution is -0.146. The van der Waals surface area contributed by atoms with E-state index in [1.54, 1.807) is 39.0 Å². The zero-order valence-corrected chi connectivity index (χ0v) is 16.7. The second kappa shape index (κ2) is 8.21. The highest BCUT2D eigenvalue weighted by Gasteiger charge is 2.37. The van der Waals surface area contributed by atoms with Gasteiger partial charge >= 0.3 is 12.1 Å². The van der Waals surface area contributed by atoms with Gasteiger partial charge in [0.15, 0.2) is 0 Å². The summed E-state index contributed by atoms with van der Waals surface area (Å²) in [5, 5.41) is 2.62. The highest BCUT2D eigenvalue weighted by Crippen LogP contribution is 2.31. The van der Waals surface area contributed by atoms with Crippen LogP contribution in [0.2, 0.25) is 0 Å². The number of fused-ring (bicyclic) bond motifs is 1. The van der Waals surface area contributed by atoms with Crippen molar-refractivity contribution in [2.24, 2.45) is 0 Å². The molecule has 0 radical (unpaired) electrons. The molecule has 160 valence electrons. The molecule has 2 N–H and O–H groups in total. The third kappa shape index (κ3) is 4.03. The molecule has 0 fully saturated rings. The van der Waals surface area contributed by atoms with Crippen LogP contribution in [0.15, 0.2) is 24.3 Å². The van der Waals surface area contributed by atoms with Crippen LogP contribution in [0.25, 0.3) is 11.0 Å². The Kier molecular flexibility index (Phi) is 5.86. The molecule has 0 unspecified atom stereocenters. The van der Waals surface area contributed by atoms with Gasteiger partial charge in [0.25, 0.3) is 5.91 Å². The summed E-state index contributed by atoms with van der Waals surface area (Å²) in [5.74, 6) is -2.08. The van der Waals surface area contributed by atoms with Gasteiger partial charge in [0.05, 0.1) is 23.2 Å². The molecule has 2 aromatic heterocycles. The Balaban J connectivity index is 1.78. The molecule has 0 aliphatic rings. The maximum absolute atomic E-state index is 13.4. The third-order valence-electron chi connectivity index (χ3n) is 4.67. The number of alkyl halides is 3. The van der Waals surface area contributed by atoms with E-state index in [-0.39, 0.29) is 36.5 Å². The zero-order valence-electron chi connectivity index (χ0n) is 16.7. The Bertz CT molecular complexity index is 1100. The van der Waals surface area contributed by atoms with Crippen molar-refractivity contribution in [3.05, 3.63) is 52.6 Å². The predicted molar refractivity (Wildman–Crippen MR) is 103 cm³/mol. The number of carbonyl (C=O) groups excluding carboxylic acids is 2. The van der Waals surface area contributed by atoms with E-state index in [2.05, 4.69) is 15.3 Å². The molecule has 0 spiro atoms. The lowest BCUT2D eigenvalue weighted by Crippen LogP contribution is -2.29. The van der Waals surface area contributed by atoms with Crippen LogP contribution in [0, 0.1) is 13.8 Å². The van der Waals surface area contributed by atoms with Gasteiger partial charge in [0.2, 0.25) is 5.82 Å². The van der Waals surface area contributed by atoms with Crippen molar-refractivity contribution >= 4 is 22.9 Å². The van der Waals surface area contributed by atoms with Crippen molar-refractivity contribution in [3.8, 4) is 0 Å². The van der Waals surface area contributed by atoms with Crippen LogP contribution >= 0.6 is 0 Å². The molecule has 3 aromatic rings. The van der Waals surface area contributed by atoms with Gasteiger partial charge < -0.3 is 19.6 Å². The minimum Gasteiger partial charge on any atom is -0.461 e. The van der Waals surface area contributed by atoms with Crippen LogP contribution in [0.3, 0.4) is 0 Å². The van der Waals surface area contributed by atoms with E-state index in [4.69, 9.17) is 4.74 Å². The number of amides is 1. The second-order valence-corrected chi connectivity index (χ2v) is 6.67. The summed E-state index contributed by atoms with van der Waals surface area (Å²) in [6.45, 7) is 4.94. The lowest BCUT2D eigenvalue weighted by Gasteiger charge is -2.12. The minimum absolute atomic E-state index is 0.0545. The van der Waals surface area contributed by atoms with Crippen molar-refractivity contribution in [3.63, 3.8) is 0 Å². The lowest BCUT2D eigenvalue weighted by atomic mass is 10.1. The number of hydrogen-bond donors (Lipinski definition) is 2. The van der Waals surface area contributed by atoms with E-state index in [9.17, 15) is 22.8 Å². The van der Waals surface area contributed by atoms with Crippen LogP contribution in [0.5, 0.6) is 0 Å². The van der Waals surface area contributed by atoms with Gasteiger partial charge in [-0.15, -0.1) is 0 Å². The molecule has 30 heavy (non-hydrogen) atoms. The van der Waals surface area contributed by atoms with Crippen molar-refractivity contribution < 1.29 is 27.5 Å². The number of aromatic amines is 1. The highest BCUT2D eigenvalue weighted by atomic mass is 19.4. The molecule has 0 saturated carbocycles. The molecular weight excluding hydrogens is 401 g/mol. The highest BCUT2D eigenvalue weighted by molar-refractivity contribution is 6.01. The summed E-state index contributed by atoms with van der Waals surface area (Å²) in [4.78, 5) is 31.1. The van der Waals surface area contributed by atoms with Gasteiger partial charge in [-0.2, -0.15) is 13.2 Å². The first-order chi connectivity index (χ1) is 14.1. The average Bonchev–Trinajstić information content (AvgIpc) is 3.19. The average molecular weight is 422 g/mol. The van der Waals surface area contributed by atoms with Gasteiger partial charge in [0.1, 0.15) is 5.69 Å². The number of carbonyl (C=O) groups is 2. The van der Waals surface area contributed by atoms with E-state index in [0.717, 1.165) is 4.57 Å². The smallest absolute Gasteiger partial charge is 0.449 e. The van der Waals surface area contributed by atoms with Crippen LogP contribution in [0.4, 0.5) is 13.2 Å². The van der Waals surface area contributed by atoms with Gasteiger partial charge in [-0.3, -0.25) is 4.79 Å². The Morgan fingerprint density at radius 2 is 1.93 bits per heavy atom. The fraction of sp³-hybridized carbons (Fsp3) is 0.350. The van der Waals surface area contributed by atoms with Crippen LogP contribution in [-0.2, 0) is 17.5 Å². The van der Waals surface area contributed by atoms with Crippen LogP contribution < -0.4 is 5.32 Å². The number of H-pyrrole nitrogens is 1. The molecule has 1 aromatic carbocycles. The molecule has 0 atom stereocenters. The number of hydrogen-bond acceptors (Lipinski definition) is 4. The zero-order chi connectivity index (χ0) is 22.1. The fourth-order valence-corrected chi connectivity index (χ4v) is 3.39. The molecule has 2 heterocycles. The normalized spacial score (nSPS) is 11.7. The topological polar surface area (TPSA) is 89.0 Å². The number of rotatable bonds is 6. The molecule has 0 aliphatic carbocycles. The number of aryl methyl sites for hydroxylation is 1. The molecule has 0 aliphatic heterocycles. The summed E-state index contributed by atoms with van der Waals surface area (Å²) in [7, 11) is 0. The number of halogens is 3. The van der Waals surface area contributed by atoms with E-state index < -0.39 is 23.9 Å². The summed E-state index contributed by atoms with van der Waals surface area (Å²) in [5.41, 5.74) is 1.90. The predicted octanol–water partition coefficient (Wildman–Crippen LogP) is 3.61. The number of aromatic nitrogens is 3. The summed E-state index contributed by atoms with van der Waals surface area (Å²) < 4.78 is 46.1. The molecule has 7 nitrogen and oxygen atoms in total. The number of esters is 1. The summed E-state index contributed by atoms with van der Waals surface area (Å²) in [6.07, 6.45) is -4.62. The second-order valence-electron chi connectivity index (χ2n) is 6.67. The van der Waals surface area contributed by atoms with Crippen LogP contribution in [0.1, 0.15) is 44.9 Å². The molecular formula is C20H21F3N4O3. The van der Waals surface area contributed by atoms with Crippen molar-refractivity contribution in [1.29, 1.82) is 0 Å². The molecule has 3 rings (SSSR count). The molecule has 10 heteroatoms. The Hall–Kier alpha value is -3.30. The first kappa shape index (κ1) is 21.4. The van der Waals surface area contributed by atoms with Gasteiger partial charge in [-0.25, -0.2) is 9.78 Å². The summed E-state index contributed by atoms with van der Waals surface area (Å²) >= 11 is 0. The monoisotopic (exact) mass is 422 g/mol. The van der Waals surface area contributed by atoms with E-state index in [1.807, 2.05) is 0 Å². The standard InChI is InChI=1S/C20H21F3N4O3/c1-4-30-18(29)16-11(2)15(12(3)25-16)17(28)24-9-10-27-14-8-6-5-7-13(14)26-19(27)20(21,22)23/h5-8,25H,4,9-10H2,1-3H3,(H,24,28). The molecule has 0 saturated heterocycles. The van der Waals surface area contributed by atoms with E-state index in [1.165, 1.54) is 6.07 Å². The number of nitrogens with one attached hydrogen (secondary N) is 2. The van der Waals surface area contributed by atoms with Gasteiger partial charge in [0, 0.05) is 18.8 Å². The van der Waals surface area contributed by atoms with Crippen LogP contribution in [-0.4, -0.2) is 39.6 Å². The van der Waals surface area contributed by atoms with E-state index in [0.29, 0.717) is 16.8 Å². The molecule has 0 bridgehead atoms. The summed E-state index contributed by atoms with van der Waals surface area (Å²) in [6, 6.07) is 6.29. The number of nitrogens with zero attached hydrogens (tertiary/aromatic N) is 2. The maximum atomic E-state index is 13.4. The Morgan fingerprint density at radius 3 is 2.60 bits per heavy atom. The van der Waals surface area contributed by atoms with Gasteiger partial charge in [-0.05, 0) is 38.5 Å². The quantitative estimate of drug-likeness (QED) is 0.594. The minimum atomic E-state index is -4.62. The third-order valence-corrected chi connectivity index (χ3v) is 4.67. The molecule has 1 amide bonds. The van der Waals surface area contributed by atoms with Crippen molar-refractivity contribution in [2.45, 2.75) is 33.5 Å². The van der Waals surface area contributed by atoms with Crippen molar-refractivity contribution in [1.82, 2.24) is 19.9 Å². The number of benzene rings is 1. The Labute approximate surface area is 170 Å². The van der Waals surface area contributed by atoms with Gasteiger partial charge in [-0.1, -0.05) is 12.1 Å². The maximum Gasteiger partial charge on any atom is 0.449 e. The largest absolute Gasteiger partial charge is 0.461 e. The van der Waals surface area contributed by atoms with Crippen molar-refractivity contribution in [2.75, 3.05) is 13.2 Å². The number of imidazole rings is 1. The fourth-order valence-electron chi connectivity index (χ4n) is 3.39. The number of ether oxygens (including phenoxy) is 1. The first-order valence-electron chi connectivity index (χ1n) is 9.32. The first-order valence-corrected chi connectivity index (χ1v) is 9.32. The van der Waals surface area contributed by atoms with E-state index >= 15 is 0 Å². The number of para-hydroxylation sites is 2. The Morgan fingerprint density at radius 1 is 1.23 bits per heavy atom.